The van der Waals surface area contributed by atoms with Crippen molar-refractivity contribution in [3.05, 3.63) is 35.9 Å². The average molecular weight is 348 g/mol. The van der Waals surface area contributed by atoms with Crippen LogP contribution in [0.4, 0.5) is 0 Å². The molecule has 3 nitrogen and oxygen atoms in total. The van der Waals surface area contributed by atoms with Crippen molar-refractivity contribution in [2.24, 2.45) is 0 Å². The zero-order valence-corrected chi connectivity index (χ0v) is 15.7. The molecule has 5 heteroatoms. The highest BCUT2D eigenvalue weighted by molar-refractivity contribution is 7.91. The molecule has 1 aliphatic rings. The second kappa shape index (κ2) is 10.2. The summed E-state index contributed by atoms with van der Waals surface area (Å²) < 4.78 is 22.1. The molecular weight excluding hydrogens is 318 g/mol. The molecule has 0 radical (unpaired) electrons. The van der Waals surface area contributed by atoms with Gasteiger partial charge in [0.15, 0.2) is 0 Å². The molecule has 22 heavy (non-hydrogen) atoms. The summed E-state index contributed by atoms with van der Waals surface area (Å²) in [6, 6.07) is 10.8. The fraction of sp³-hybridized carbons (Fsp3) is 0.647. The molecule has 0 saturated carbocycles. The molecule has 1 fully saturated rings. The van der Waals surface area contributed by atoms with Crippen LogP contribution in [0.15, 0.2) is 30.3 Å². The maximum absolute atomic E-state index is 10.4. The van der Waals surface area contributed by atoms with Crippen LogP contribution < -0.4 is 12.4 Å². The third-order valence-corrected chi connectivity index (χ3v) is 6.36. The summed E-state index contributed by atoms with van der Waals surface area (Å²) in [5.41, 5.74) is 1.46. The number of benzene rings is 1. The van der Waals surface area contributed by atoms with Crippen molar-refractivity contribution in [1.82, 2.24) is 0 Å². The molecule has 0 atom stereocenters. The van der Waals surface area contributed by atoms with Crippen LogP contribution in [0.1, 0.15) is 39.2 Å². The van der Waals surface area contributed by atoms with Gasteiger partial charge in [0.1, 0.15) is 16.4 Å². The van der Waals surface area contributed by atoms with Crippen molar-refractivity contribution in [1.29, 1.82) is 0 Å². The third kappa shape index (κ3) is 7.12. The van der Waals surface area contributed by atoms with E-state index in [-0.39, 0.29) is 12.4 Å². The van der Waals surface area contributed by atoms with E-state index in [4.69, 9.17) is 0 Å². The van der Waals surface area contributed by atoms with Gasteiger partial charge in [-0.2, -0.15) is 0 Å². The lowest BCUT2D eigenvalue weighted by atomic mass is 10.2. The van der Waals surface area contributed by atoms with Crippen molar-refractivity contribution in [3.63, 3.8) is 0 Å². The Bertz CT molecular complexity index is 478. The molecule has 1 aromatic rings. The normalized spacial score (nSPS) is 16.3. The van der Waals surface area contributed by atoms with E-state index in [1.54, 1.807) is 0 Å². The molecule has 0 unspecified atom stereocenters. The highest BCUT2D eigenvalue weighted by atomic mass is 35.5. The molecule has 1 aliphatic heterocycles. The second-order valence-electron chi connectivity index (χ2n) is 5.79. The zero-order valence-electron chi connectivity index (χ0n) is 14.1. The predicted octanol–water partition coefficient (Wildman–Crippen LogP) is 0.262. The average Bonchev–Trinajstić information content (AvgIpc) is 2.91. The van der Waals surface area contributed by atoms with E-state index in [0.717, 1.165) is 12.8 Å². The Morgan fingerprint density at radius 1 is 0.909 bits per heavy atom. The lowest BCUT2D eigenvalue weighted by Crippen LogP contribution is -3.00. The first-order valence-electron chi connectivity index (χ1n) is 8.06. The number of quaternary nitrogens is 1. The van der Waals surface area contributed by atoms with Crippen LogP contribution >= 0.6 is 0 Å². The fourth-order valence-electron chi connectivity index (χ4n) is 2.72. The van der Waals surface area contributed by atoms with Gasteiger partial charge < -0.3 is 16.9 Å². The lowest BCUT2D eigenvalue weighted by Gasteiger charge is -2.35. The van der Waals surface area contributed by atoms with Crippen LogP contribution in [-0.2, 0) is 16.4 Å². The molecule has 0 amide bonds. The van der Waals surface area contributed by atoms with Crippen LogP contribution in [0.5, 0.6) is 0 Å². The molecule has 1 aromatic carbocycles. The van der Waals surface area contributed by atoms with Crippen molar-refractivity contribution < 1.29 is 25.3 Å². The molecular formula is C17H30ClNO2S. The van der Waals surface area contributed by atoms with Gasteiger partial charge in [-0.1, -0.05) is 30.3 Å². The number of hydrogen-bond donors (Lipinski definition) is 0. The van der Waals surface area contributed by atoms with Crippen LogP contribution in [0.25, 0.3) is 0 Å². The first-order chi connectivity index (χ1) is 9.97. The summed E-state index contributed by atoms with van der Waals surface area (Å²) in [4.78, 5) is 0. The van der Waals surface area contributed by atoms with Gasteiger partial charge in [0.25, 0.3) is 0 Å². The minimum Gasteiger partial charge on any atom is -1.00 e. The van der Waals surface area contributed by atoms with Crippen LogP contribution in [0.2, 0.25) is 0 Å². The van der Waals surface area contributed by atoms with E-state index >= 15 is 0 Å². The van der Waals surface area contributed by atoms with Crippen molar-refractivity contribution in [2.45, 2.75) is 40.2 Å². The Labute approximate surface area is 142 Å². The Balaban J connectivity index is 0.000000465. The highest BCUT2D eigenvalue weighted by Gasteiger charge is 2.20. The Hall–Kier alpha value is -0.580. The van der Waals surface area contributed by atoms with E-state index in [9.17, 15) is 8.42 Å². The monoisotopic (exact) mass is 347 g/mol. The molecule has 0 aliphatic carbocycles. The summed E-state index contributed by atoms with van der Waals surface area (Å²) in [5.74, 6) is 0.847. The Morgan fingerprint density at radius 2 is 1.36 bits per heavy atom. The predicted molar refractivity (Wildman–Crippen MR) is 89.9 cm³/mol. The summed E-state index contributed by atoms with van der Waals surface area (Å²) in [6.45, 7) is 11.7. The summed E-state index contributed by atoms with van der Waals surface area (Å²) in [6.07, 6.45) is 1.75. The third-order valence-electron chi connectivity index (χ3n) is 4.53. The molecule has 128 valence electrons. The molecule has 0 N–H and O–H groups in total. The summed E-state index contributed by atoms with van der Waals surface area (Å²) >= 11 is 0. The van der Waals surface area contributed by atoms with Gasteiger partial charge in [-0.3, -0.25) is 0 Å². The lowest BCUT2D eigenvalue weighted by molar-refractivity contribution is -0.936. The molecule has 0 aromatic heterocycles. The van der Waals surface area contributed by atoms with Crippen LogP contribution in [0, 0.1) is 0 Å². The molecule has 0 bridgehead atoms. The van der Waals surface area contributed by atoms with E-state index < -0.39 is 9.84 Å². The minimum atomic E-state index is -2.55. The van der Waals surface area contributed by atoms with E-state index in [1.165, 1.54) is 36.2 Å². The maximum atomic E-state index is 10.4. The van der Waals surface area contributed by atoms with Gasteiger partial charge >= 0.3 is 0 Å². The van der Waals surface area contributed by atoms with Crippen LogP contribution in [0.3, 0.4) is 0 Å². The standard InChI is InChI=1S/C13H22N.C4H8O2S.ClH/c1-4-14(5-2,6-3)12-13-10-8-7-9-11-13;5-7(6)3-1-2-4-7;/h7-11H,4-6,12H2,1-3H3;1-4H2;1H/q+1;;/p-1. The quantitative estimate of drug-likeness (QED) is 0.716. The van der Waals surface area contributed by atoms with Gasteiger partial charge in [0, 0.05) is 5.56 Å². The number of sulfone groups is 1. The first kappa shape index (κ1) is 21.4. The smallest absolute Gasteiger partial charge is 0.150 e. The van der Waals surface area contributed by atoms with E-state index in [2.05, 4.69) is 51.1 Å². The van der Waals surface area contributed by atoms with E-state index in [1.807, 2.05) is 0 Å². The molecule has 0 spiro atoms. The largest absolute Gasteiger partial charge is 1.00 e. The Kier molecular flexibility index (Phi) is 9.97. The summed E-state index contributed by atoms with van der Waals surface area (Å²) in [7, 11) is -2.55. The maximum Gasteiger partial charge on any atom is 0.150 e. The highest BCUT2D eigenvalue weighted by Crippen LogP contribution is 2.13. The van der Waals surface area contributed by atoms with Crippen LogP contribution in [-0.4, -0.2) is 44.0 Å². The Morgan fingerprint density at radius 3 is 1.68 bits per heavy atom. The topological polar surface area (TPSA) is 34.1 Å². The second-order valence-corrected chi connectivity index (χ2v) is 8.10. The van der Waals surface area contributed by atoms with Gasteiger partial charge in [-0.25, -0.2) is 8.42 Å². The van der Waals surface area contributed by atoms with E-state index in [0.29, 0.717) is 11.5 Å². The van der Waals surface area contributed by atoms with Gasteiger partial charge in [0.2, 0.25) is 0 Å². The SMILES string of the molecule is CC[N+](CC)(CC)Cc1ccccc1.O=S1(=O)CCCC1.[Cl-]. The summed E-state index contributed by atoms with van der Waals surface area (Å²) in [5, 5.41) is 0. The van der Waals surface area contributed by atoms with Gasteiger partial charge in [0.05, 0.1) is 31.1 Å². The number of rotatable bonds is 5. The molecule has 1 saturated heterocycles. The molecule has 1 heterocycles. The fourth-order valence-corrected chi connectivity index (χ4v) is 4.21. The first-order valence-corrected chi connectivity index (χ1v) is 9.88. The number of nitrogens with zero attached hydrogens (tertiary/aromatic N) is 1. The van der Waals surface area contributed by atoms with Crippen molar-refractivity contribution >= 4 is 9.84 Å². The number of halogens is 1. The number of hydrogen-bond acceptors (Lipinski definition) is 2. The van der Waals surface area contributed by atoms with Gasteiger partial charge in [-0.15, -0.1) is 0 Å². The van der Waals surface area contributed by atoms with Gasteiger partial charge in [-0.05, 0) is 33.6 Å². The van der Waals surface area contributed by atoms with Crippen molar-refractivity contribution in [3.8, 4) is 0 Å². The minimum absolute atomic E-state index is 0. The zero-order chi connectivity index (χ0) is 15.8. The molecule has 2 rings (SSSR count). The van der Waals surface area contributed by atoms with Crippen molar-refractivity contribution in [2.75, 3.05) is 31.1 Å².